The molecule has 0 aromatic carbocycles. The van der Waals surface area contributed by atoms with E-state index in [1.165, 1.54) is 0 Å². The maximum atomic E-state index is 4.12. The van der Waals surface area contributed by atoms with Gasteiger partial charge in [-0.3, -0.25) is 4.68 Å². The van der Waals surface area contributed by atoms with E-state index in [0.29, 0.717) is 5.92 Å². The Bertz CT molecular complexity index is 296. The van der Waals surface area contributed by atoms with Gasteiger partial charge in [0.05, 0.1) is 5.69 Å². The van der Waals surface area contributed by atoms with Crippen LogP contribution in [0.3, 0.4) is 0 Å². The van der Waals surface area contributed by atoms with Crippen LogP contribution in [0.25, 0.3) is 0 Å². The van der Waals surface area contributed by atoms with Crippen LogP contribution in [0.5, 0.6) is 0 Å². The van der Waals surface area contributed by atoms with E-state index in [4.69, 9.17) is 0 Å². The van der Waals surface area contributed by atoms with Crippen LogP contribution in [0.4, 0.5) is 0 Å². The van der Waals surface area contributed by atoms with E-state index >= 15 is 0 Å². The fourth-order valence-corrected chi connectivity index (χ4v) is 1.24. The first kappa shape index (κ1) is 12.2. The standard InChI is InChI=1S/C11H22N4/c1-9(2)7-15-8-10(13-14-15)6-12-11(3,4)5/h8-9,12H,6-7H2,1-5H3. The average Bonchev–Trinajstić information content (AvgIpc) is 2.46. The van der Waals surface area contributed by atoms with E-state index in [-0.39, 0.29) is 5.54 Å². The molecule has 0 spiro atoms. The Morgan fingerprint density at radius 1 is 1.40 bits per heavy atom. The molecule has 4 heteroatoms. The van der Waals surface area contributed by atoms with Gasteiger partial charge in [-0.2, -0.15) is 0 Å². The summed E-state index contributed by atoms with van der Waals surface area (Å²) in [5, 5.41) is 11.6. The summed E-state index contributed by atoms with van der Waals surface area (Å²) in [6.07, 6.45) is 2.01. The highest BCUT2D eigenvalue weighted by molar-refractivity contribution is 4.93. The topological polar surface area (TPSA) is 42.7 Å². The van der Waals surface area contributed by atoms with Crippen molar-refractivity contribution in [3.63, 3.8) is 0 Å². The van der Waals surface area contributed by atoms with Crippen molar-refractivity contribution < 1.29 is 0 Å². The quantitative estimate of drug-likeness (QED) is 0.824. The summed E-state index contributed by atoms with van der Waals surface area (Å²) < 4.78 is 1.91. The van der Waals surface area contributed by atoms with Gasteiger partial charge in [-0.25, -0.2) is 0 Å². The fraction of sp³-hybridized carbons (Fsp3) is 0.818. The third-order valence-electron chi connectivity index (χ3n) is 1.94. The minimum atomic E-state index is 0.127. The highest BCUT2D eigenvalue weighted by Crippen LogP contribution is 2.03. The van der Waals surface area contributed by atoms with Crippen molar-refractivity contribution in [1.29, 1.82) is 0 Å². The Hall–Kier alpha value is -0.900. The van der Waals surface area contributed by atoms with Gasteiger partial charge in [0.15, 0.2) is 0 Å². The predicted octanol–water partition coefficient (Wildman–Crippen LogP) is 1.82. The highest BCUT2D eigenvalue weighted by Gasteiger charge is 2.10. The van der Waals surface area contributed by atoms with Crippen LogP contribution >= 0.6 is 0 Å². The SMILES string of the molecule is CC(C)Cn1cc(CNC(C)(C)C)nn1. The molecule has 1 aromatic rings. The molecule has 1 aromatic heterocycles. The lowest BCUT2D eigenvalue weighted by molar-refractivity contribution is 0.421. The maximum Gasteiger partial charge on any atom is 0.0965 e. The maximum absolute atomic E-state index is 4.12. The lowest BCUT2D eigenvalue weighted by atomic mass is 10.1. The molecule has 0 unspecified atom stereocenters. The molecule has 0 saturated heterocycles. The Kier molecular flexibility index (Phi) is 3.85. The second kappa shape index (κ2) is 4.75. The Balaban J connectivity index is 2.46. The molecule has 0 atom stereocenters. The molecular weight excluding hydrogens is 188 g/mol. The smallest absolute Gasteiger partial charge is 0.0965 e. The molecule has 0 fully saturated rings. The van der Waals surface area contributed by atoms with Crippen molar-refractivity contribution in [1.82, 2.24) is 20.3 Å². The molecule has 15 heavy (non-hydrogen) atoms. The predicted molar refractivity (Wildman–Crippen MR) is 61.5 cm³/mol. The van der Waals surface area contributed by atoms with Gasteiger partial charge < -0.3 is 5.32 Å². The van der Waals surface area contributed by atoms with Crippen molar-refractivity contribution in [2.75, 3.05) is 0 Å². The van der Waals surface area contributed by atoms with E-state index in [2.05, 4.69) is 50.2 Å². The molecule has 4 nitrogen and oxygen atoms in total. The summed E-state index contributed by atoms with van der Waals surface area (Å²) in [6.45, 7) is 12.5. The zero-order valence-corrected chi connectivity index (χ0v) is 10.4. The molecule has 0 aliphatic carbocycles. The third kappa shape index (κ3) is 4.93. The normalized spacial score (nSPS) is 12.4. The van der Waals surface area contributed by atoms with Gasteiger partial charge in [-0.1, -0.05) is 19.1 Å². The van der Waals surface area contributed by atoms with E-state index in [0.717, 1.165) is 18.8 Å². The van der Waals surface area contributed by atoms with Gasteiger partial charge in [0.25, 0.3) is 0 Å². The zero-order valence-electron chi connectivity index (χ0n) is 10.4. The Morgan fingerprint density at radius 2 is 2.07 bits per heavy atom. The van der Waals surface area contributed by atoms with Gasteiger partial charge in [-0.15, -0.1) is 5.10 Å². The lowest BCUT2D eigenvalue weighted by Gasteiger charge is -2.19. The van der Waals surface area contributed by atoms with E-state index in [9.17, 15) is 0 Å². The molecule has 0 bridgehead atoms. The zero-order chi connectivity index (χ0) is 11.5. The Morgan fingerprint density at radius 3 is 2.60 bits per heavy atom. The number of hydrogen-bond acceptors (Lipinski definition) is 3. The summed E-state index contributed by atoms with van der Waals surface area (Å²) in [6, 6.07) is 0. The number of rotatable bonds is 4. The molecule has 0 aliphatic heterocycles. The van der Waals surface area contributed by atoms with E-state index < -0.39 is 0 Å². The lowest BCUT2D eigenvalue weighted by Crippen LogP contribution is -2.35. The molecule has 1 rings (SSSR count). The third-order valence-corrected chi connectivity index (χ3v) is 1.94. The van der Waals surface area contributed by atoms with E-state index in [1.807, 2.05) is 10.9 Å². The molecule has 0 radical (unpaired) electrons. The number of hydrogen-bond donors (Lipinski definition) is 1. The summed E-state index contributed by atoms with van der Waals surface area (Å²) in [4.78, 5) is 0. The first-order chi connectivity index (χ1) is 6.87. The molecule has 1 N–H and O–H groups in total. The largest absolute Gasteiger partial charge is 0.306 e. The van der Waals surface area contributed by atoms with Crippen LogP contribution in [-0.2, 0) is 13.1 Å². The van der Waals surface area contributed by atoms with Gasteiger partial charge in [0.1, 0.15) is 0 Å². The molecular formula is C11H22N4. The second-order valence-corrected chi connectivity index (χ2v) is 5.43. The van der Waals surface area contributed by atoms with Crippen LogP contribution < -0.4 is 5.32 Å². The summed E-state index contributed by atoms with van der Waals surface area (Å²) in [5.74, 6) is 0.607. The summed E-state index contributed by atoms with van der Waals surface area (Å²) >= 11 is 0. The molecule has 0 saturated carbocycles. The molecule has 0 aliphatic rings. The van der Waals surface area contributed by atoms with Crippen molar-refractivity contribution in [3.05, 3.63) is 11.9 Å². The molecule has 0 amide bonds. The summed E-state index contributed by atoms with van der Waals surface area (Å²) in [7, 11) is 0. The van der Waals surface area contributed by atoms with Gasteiger partial charge in [-0.05, 0) is 26.7 Å². The van der Waals surface area contributed by atoms with Crippen LogP contribution in [0.2, 0.25) is 0 Å². The van der Waals surface area contributed by atoms with E-state index in [1.54, 1.807) is 0 Å². The second-order valence-electron chi connectivity index (χ2n) is 5.43. The Labute approximate surface area is 92.1 Å². The van der Waals surface area contributed by atoms with Crippen LogP contribution in [-0.4, -0.2) is 20.5 Å². The van der Waals surface area contributed by atoms with Crippen molar-refractivity contribution in [3.8, 4) is 0 Å². The molecule has 86 valence electrons. The minimum Gasteiger partial charge on any atom is -0.306 e. The van der Waals surface area contributed by atoms with Crippen LogP contribution in [0.15, 0.2) is 6.20 Å². The fourth-order valence-electron chi connectivity index (χ4n) is 1.24. The number of nitrogens with zero attached hydrogens (tertiary/aromatic N) is 3. The number of nitrogens with one attached hydrogen (secondary N) is 1. The molecule has 1 heterocycles. The van der Waals surface area contributed by atoms with Crippen molar-refractivity contribution in [2.45, 2.75) is 53.2 Å². The monoisotopic (exact) mass is 210 g/mol. The van der Waals surface area contributed by atoms with Gasteiger partial charge >= 0.3 is 0 Å². The van der Waals surface area contributed by atoms with Crippen LogP contribution in [0, 0.1) is 5.92 Å². The van der Waals surface area contributed by atoms with Gasteiger partial charge in [0.2, 0.25) is 0 Å². The summed E-state index contributed by atoms with van der Waals surface area (Å²) in [5.41, 5.74) is 1.13. The average molecular weight is 210 g/mol. The highest BCUT2D eigenvalue weighted by atomic mass is 15.4. The first-order valence-electron chi connectivity index (χ1n) is 5.51. The van der Waals surface area contributed by atoms with Crippen molar-refractivity contribution in [2.24, 2.45) is 5.92 Å². The first-order valence-corrected chi connectivity index (χ1v) is 5.51. The van der Waals surface area contributed by atoms with Crippen LogP contribution in [0.1, 0.15) is 40.3 Å². The van der Waals surface area contributed by atoms with Crippen molar-refractivity contribution >= 4 is 0 Å². The number of aromatic nitrogens is 3. The van der Waals surface area contributed by atoms with Gasteiger partial charge in [0, 0.05) is 24.8 Å². The minimum absolute atomic E-state index is 0.127.